The van der Waals surface area contributed by atoms with Crippen LogP contribution in [0.3, 0.4) is 0 Å². The Morgan fingerprint density at radius 2 is 1.97 bits per heavy atom. The Labute approximate surface area is 177 Å². The summed E-state index contributed by atoms with van der Waals surface area (Å²) in [6.07, 6.45) is 5.23. The number of carbonyl (C=O) groups excluding carboxylic acids is 1. The maximum absolute atomic E-state index is 13.7. The molecule has 3 aromatic rings. The van der Waals surface area contributed by atoms with E-state index in [0.29, 0.717) is 11.1 Å². The molecule has 150 valence electrons. The Morgan fingerprint density at radius 1 is 1.17 bits per heavy atom. The number of nitrogens with one attached hydrogen (secondary N) is 1. The molecule has 0 aliphatic heterocycles. The van der Waals surface area contributed by atoms with E-state index in [1.54, 1.807) is 25.3 Å². The fourth-order valence-electron chi connectivity index (χ4n) is 3.72. The van der Waals surface area contributed by atoms with Crippen LogP contribution >= 0.6 is 15.9 Å². The van der Waals surface area contributed by atoms with Gasteiger partial charge in [0.15, 0.2) is 0 Å². The standard InChI is InChI=1S/C23H22BrFN2O2/c1-14-5-6-15(13-20(14)25)23(28)27-16-7-9-17(10-8-16)29-21-11-12-26-22-18(21)3-2-4-19(22)24/h2-6,11-13,16-17H,7-10H2,1H3,(H,27,28). The van der Waals surface area contributed by atoms with Crippen molar-refractivity contribution in [3.8, 4) is 5.75 Å². The van der Waals surface area contributed by atoms with Crippen molar-refractivity contribution in [2.45, 2.75) is 44.8 Å². The summed E-state index contributed by atoms with van der Waals surface area (Å²) in [5, 5.41) is 4.01. The van der Waals surface area contributed by atoms with E-state index in [1.807, 2.05) is 24.3 Å². The van der Waals surface area contributed by atoms with Crippen molar-refractivity contribution < 1.29 is 13.9 Å². The number of nitrogens with zero attached hydrogens (tertiary/aromatic N) is 1. The van der Waals surface area contributed by atoms with Crippen molar-refractivity contribution >= 4 is 32.7 Å². The lowest BCUT2D eigenvalue weighted by atomic mass is 9.92. The van der Waals surface area contributed by atoms with Crippen LogP contribution in [-0.4, -0.2) is 23.0 Å². The normalized spacial score (nSPS) is 19.1. The zero-order valence-electron chi connectivity index (χ0n) is 16.1. The molecule has 0 radical (unpaired) electrons. The molecule has 0 unspecified atom stereocenters. The number of para-hydroxylation sites is 1. The summed E-state index contributed by atoms with van der Waals surface area (Å²) in [6.45, 7) is 1.68. The quantitative estimate of drug-likeness (QED) is 0.558. The van der Waals surface area contributed by atoms with Crippen LogP contribution in [0.2, 0.25) is 0 Å². The number of benzene rings is 2. The number of aryl methyl sites for hydroxylation is 1. The Kier molecular flexibility index (Phi) is 5.81. The molecule has 1 amide bonds. The topological polar surface area (TPSA) is 51.2 Å². The minimum atomic E-state index is -0.356. The van der Waals surface area contributed by atoms with Gasteiger partial charge in [0, 0.05) is 27.7 Å². The summed E-state index contributed by atoms with van der Waals surface area (Å²) in [6, 6.07) is 12.5. The van der Waals surface area contributed by atoms with Gasteiger partial charge >= 0.3 is 0 Å². The van der Waals surface area contributed by atoms with Crippen molar-refractivity contribution in [2.75, 3.05) is 0 Å². The van der Waals surface area contributed by atoms with Gasteiger partial charge in [-0.2, -0.15) is 0 Å². The number of aromatic nitrogens is 1. The van der Waals surface area contributed by atoms with E-state index in [9.17, 15) is 9.18 Å². The summed E-state index contributed by atoms with van der Waals surface area (Å²) >= 11 is 3.53. The maximum Gasteiger partial charge on any atom is 0.251 e. The lowest BCUT2D eigenvalue weighted by molar-refractivity contribution is 0.0894. The summed E-state index contributed by atoms with van der Waals surface area (Å²) in [4.78, 5) is 16.8. The van der Waals surface area contributed by atoms with Crippen molar-refractivity contribution in [3.63, 3.8) is 0 Å². The predicted octanol–water partition coefficient (Wildman–Crippen LogP) is 5.56. The minimum Gasteiger partial charge on any atom is -0.490 e. The van der Waals surface area contributed by atoms with E-state index in [4.69, 9.17) is 4.74 Å². The van der Waals surface area contributed by atoms with E-state index in [-0.39, 0.29) is 23.9 Å². The fraction of sp³-hybridized carbons (Fsp3) is 0.304. The van der Waals surface area contributed by atoms with E-state index in [2.05, 4.69) is 26.2 Å². The Hall–Kier alpha value is -2.47. The first-order valence-corrected chi connectivity index (χ1v) is 10.6. The summed E-state index contributed by atoms with van der Waals surface area (Å²) < 4.78 is 20.9. The van der Waals surface area contributed by atoms with Crippen LogP contribution in [-0.2, 0) is 0 Å². The molecule has 1 N–H and O–H groups in total. The van der Waals surface area contributed by atoms with Gasteiger partial charge in [-0.1, -0.05) is 12.1 Å². The molecule has 4 rings (SSSR count). The molecule has 0 atom stereocenters. The number of rotatable bonds is 4. The highest BCUT2D eigenvalue weighted by Gasteiger charge is 2.24. The first kappa shape index (κ1) is 19.8. The van der Waals surface area contributed by atoms with Crippen LogP contribution in [0.25, 0.3) is 10.9 Å². The van der Waals surface area contributed by atoms with Crippen LogP contribution < -0.4 is 10.1 Å². The highest BCUT2D eigenvalue weighted by Crippen LogP contribution is 2.31. The zero-order chi connectivity index (χ0) is 20.4. The molecular formula is C23H22BrFN2O2. The molecule has 6 heteroatoms. The third-order valence-electron chi connectivity index (χ3n) is 5.42. The number of pyridine rings is 1. The van der Waals surface area contributed by atoms with Gasteiger partial charge < -0.3 is 10.1 Å². The molecule has 4 nitrogen and oxygen atoms in total. The third kappa shape index (κ3) is 4.42. The monoisotopic (exact) mass is 456 g/mol. The fourth-order valence-corrected chi connectivity index (χ4v) is 4.19. The number of hydrogen-bond donors (Lipinski definition) is 1. The first-order valence-electron chi connectivity index (χ1n) is 9.78. The van der Waals surface area contributed by atoms with E-state index in [0.717, 1.165) is 46.8 Å². The zero-order valence-corrected chi connectivity index (χ0v) is 17.7. The summed E-state index contributed by atoms with van der Waals surface area (Å²) in [5.74, 6) is 0.253. The van der Waals surface area contributed by atoms with Gasteiger partial charge in [0.1, 0.15) is 11.6 Å². The Morgan fingerprint density at radius 3 is 2.72 bits per heavy atom. The predicted molar refractivity (Wildman–Crippen MR) is 115 cm³/mol. The van der Waals surface area contributed by atoms with Crippen LogP contribution in [0.4, 0.5) is 4.39 Å². The molecule has 1 saturated carbocycles. The third-order valence-corrected chi connectivity index (χ3v) is 6.06. The number of amides is 1. The van der Waals surface area contributed by atoms with Gasteiger partial charge in [-0.15, -0.1) is 0 Å². The number of hydrogen-bond acceptors (Lipinski definition) is 3. The van der Waals surface area contributed by atoms with Crippen molar-refractivity contribution in [1.82, 2.24) is 10.3 Å². The van der Waals surface area contributed by atoms with Crippen LogP contribution in [0.1, 0.15) is 41.6 Å². The SMILES string of the molecule is Cc1ccc(C(=O)NC2CCC(Oc3ccnc4c(Br)cccc34)CC2)cc1F. The molecule has 1 heterocycles. The lowest BCUT2D eigenvalue weighted by Crippen LogP contribution is -2.39. The molecule has 0 spiro atoms. The van der Waals surface area contributed by atoms with E-state index < -0.39 is 0 Å². The molecular weight excluding hydrogens is 435 g/mol. The second-order valence-corrected chi connectivity index (χ2v) is 8.33. The van der Waals surface area contributed by atoms with Gasteiger partial charge in [0.2, 0.25) is 0 Å². The van der Waals surface area contributed by atoms with Crippen molar-refractivity contribution in [1.29, 1.82) is 0 Å². The van der Waals surface area contributed by atoms with Gasteiger partial charge in [0.25, 0.3) is 5.91 Å². The van der Waals surface area contributed by atoms with E-state index in [1.165, 1.54) is 6.07 Å². The van der Waals surface area contributed by atoms with Crippen molar-refractivity contribution in [3.05, 3.63) is 70.1 Å². The smallest absolute Gasteiger partial charge is 0.251 e. The lowest BCUT2D eigenvalue weighted by Gasteiger charge is -2.30. The molecule has 2 aromatic carbocycles. The Bertz CT molecular complexity index is 1050. The molecule has 29 heavy (non-hydrogen) atoms. The average molecular weight is 457 g/mol. The Balaban J connectivity index is 1.36. The summed E-state index contributed by atoms with van der Waals surface area (Å²) in [5.41, 5.74) is 1.78. The molecule has 1 aliphatic carbocycles. The van der Waals surface area contributed by atoms with Crippen LogP contribution in [0, 0.1) is 12.7 Å². The number of fused-ring (bicyclic) bond motifs is 1. The highest BCUT2D eigenvalue weighted by molar-refractivity contribution is 9.10. The number of carbonyl (C=O) groups is 1. The number of ether oxygens (including phenoxy) is 1. The van der Waals surface area contributed by atoms with Crippen LogP contribution in [0.5, 0.6) is 5.75 Å². The first-order chi connectivity index (χ1) is 14.0. The molecule has 0 bridgehead atoms. The summed E-state index contributed by atoms with van der Waals surface area (Å²) in [7, 11) is 0. The average Bonchev–Trinajstić information content (AvgIpc) is 2.72. The molecule has 0 saturated heterocycles. The minimum absolute atomic E-state index is 0.0787. The number of halogens is 2. The van der Waals surface area contributed by atoms with Crippen LogP contribution in [0.15, 0.2) is 53.1 Å². The second-order valence-electron chi connectivity index (χ2n) is 7.47. The van der Waals surface area contributed by atoms with Gasteiger partial charge in [-0.3, -0.25) is 9.78 Å². The molecule has 1 aliphatic rings. The largest absolute Gasteiger partial charge is 0.490 e. The van der Waals surface area contributed by atoms with E-state index >= 15 is 0 Å². The highest BCUT2D eigenvalue weighted by atomic mass is 79.9. The van der Waals surface area contributed by atoms with Gasteiger partial charge in [-0.25, -0.2) is 4.39 Å². The molecule has 1 fully saturated rings. The van der Waals surface area contributed by atoms with Crippen molar-refractivity contribution in [2.24, 2.45) is 0 Å². The molecule has 1 aromatic heterocycles. The maximum atomic E-state index is 13.7. The van der Waals surface area contributed by atoms with Gasteiger partial charge in [-0.05, 0) is 84.4 Å². The second kappa shape index (κ2) is 8.49. The van der Waals surface area contributed by atoms with Gasteiger partial charge in [0.05, 0.1) is 11.6 Å².